The summed E-state index contributed by atoms with van der Waals surface area (Å²) in [6.45, 7) is 0. The van der Waals surface area contributed by atoms with E-state index in [1.807, 2.05) is 0 Å². The summed E-state index contributed by atoms with van der Waals surface area (Å²) in [5.74, 6) is -0.591. The fourth-order valence-corrected chi connectivity index (χ4v) is 2.41. The second kappa shape index (κ2) is 4.19. The molecule has 0 saturated carbocycles. The lowest BCUT2D eigenvalue weighted by atomic mass is 9.99. The van der Waals surface area contributed by atoms with Gasteiger partial charge in [-0.25, -0.2) is 0 Å². The summed E-state index contributed by atoms with van der Waals surface area (Å²) in [6.07, 6.45) is 3.58. The third-order valence-corrected chi connectivity index (χ3v) is 2.84. The van der Waals surface area contributed by atoms with E-state index in [-0.39, 0.29) is 24.0 Å². The van der Waals surface area contributed by atoms with Gasteiger partial charge < -0.3 is 5.73 Å². The number of ketones is 1. The SMILES string of the molecule is NC(=O)CC1C=C(Br)C(=O)C(Br)=C1. The van der Waals surface area contributed by atoms with Crippen LogP contribution in [-0.4, -0.2) is 11.7 Å². The van der Waals surface area contributed by atoms with Gasteiger partial charge in [-0.1, -0.05) is 12.2 Å². The van der Waals surface area contributed by atoms with Crippen molar-refractivity contribution in [1.29, 1.82) is 0 Å². The number of carbonyl (C=O) groups excluding carboxylic acids is 2. The molecule has 0 aromatic heterocycles. The van der Waals surface area contributed by atoms with E-state index in [9.17, 15) is 9.59 Å². The first-order valence-corrected chi connectivity index (χ1v) is 5.17. The van der Waals surface area contributed by atoms with Gasteiger partial charge in [-0.15, -0.1) is 0 Å². The zero-order valence-corrected chi connectivity index (χ0v) is 9.76. The van der Waals surface area contributed by atoms with Gasteiger partial charge in [0, 0.05) is 12.3 Å². The molecule has 0 heterocycles. The van der Waals surface area contributed by atoms with Crippen LogP contribution in [-0.2, 0) is 9.59 Å². The van der Waals surface area contributed by atoms with E-state index in [0.29, 0.717) is 8.96 Å². The molecule has 0 aromatic carbocycles. The number of amides is 1. The predicted octanol–water partition coefficient (Wildman–Crippen LogP) is 1.62. The van der Waals surface area contributed by atoms with Gasteiger partial charge in [-0.05, 0) is 31.9 Å². The lowest BCUT2D eigenvalue weighted by molar-refractivity contribution is -0.118. The van der Waals surface area contributed by atoms with E-state index >= 15 is 0 Å². The van der Waals surface area contributed by atoms with E-state index in [2.05, 4.69) is 31.9 Å². The van der Waals surface area contributed by atoms with Crippen molar-refractivity contribution < 1.29 is 9.59 Å². The molecule has 70 valence electrons. The Labute approximate surface area is 92.3 Å². The second-order valence-electron chi connectivity index (χ2n) is 2.69. The quantitative estimate of drug-likeness (QED) is 0.842. The van der Waals surface area contributed by atoms with Crippen LogP contribution in [0.3, 0.4) is 0 Å². The van der Waals surface area contributed by atoms with Crippen LogP contribution in [0.5, 0.6) is 0 Å². The highest BCUT2D eigenvalue weighted by Gasteiger charge is 2.20. The van der Waals surface area contributed by atoms with Crippen molar-refractivity contribution in [2.45, 2.75) is 6.42 Å². The molecule has 1 aliphatic carbocycles. The predicted molar refractivity (Wildman–Crippen MR) is 56.3 cm³/mol. The Morgan fingerprint density at radius 2 is 1.85 bits per heavy atom. The average molecular weight is 309 g/mol. The summed E-state index contributed by atoms with van der Waals surface area (Å²) in [5.41, 5.74) is 5.04. The van der Waals surface area contributed by atoms with Crippen LogP contribution in [0.1, 0.15) is 6.42 Å². The minimum Gasteiger partial charge on any atom is -0.370 e. The van der Waals surface area contributed by atoms with E-state index in [1.54, 1.807) is 12.2 Å². The van der Waals surface area contributed by atoms with E-state index < -0.39 is 0 Å². The monoisotopic (exact) mass is 307 g/mol. The highest BCUT2D eigenvalue weighted by Crippen LogP contribution is 2.27. The molecule has 0 bridgehead atoms. The number of Topliss-reactive ketones (excluding diaryl/α,β-unsaturated/α-hetero) is 1. The van der Waals surface area contributed by atoms with Gasteiger partial charge in [-0.3, -0.25) is 9.59 Å². The van der Waals surface area contributed by atoms with Crippen LogP contribution >= 0.6 is 31.9 Å². The van der Waals surface area contributed by atoms with Crippen molar-refractivity contribution in [3.8, 4) is 0 Å². The Balaban J connectivity index is 2.81. The number of hydrogen-bond acceptors (Lipinski definition) is 2. The van der Waals surface area contributed by atoms with Gasteiger partial charge >= 0.3 is 0 Å². The van der Waals surface area contributed by atoms with Gasteiger partial charge in [-0.2, -0.15) is 0 Å². The zero-order valence-electron chi connectivity index (χ0n) is 6.59. The van der Waals surface area contributed by atoms with Crippen molar-refractivity contribution in [3.05, 3.63) is 21.1 Å². The summed E-state index contributed by atoms with van der Waals surface area (Å²) in [4.78, 5) is 21.8. The summed E-state index contributed by atoms with van der Waals surface area (Å²) >= 11 is 6.23. The standard InChI is InChI=1S/C8H7Br2NO2/c9-5-1-4(3-7(11)12)2-6(10)8(5)13/h1-2,4H,3H2,(H2,11,12). The molecule has 3 nitrogen and oxygen atoms in total. The fraction of sp³-hybridized carbons (Fsp3) is 0.250. The highest BCUT2D eigenvalue weighted by atomic mass is 79.9. The van der Waals surface area contributed by atoms with Gasteiger partial charge in [0.2, 0.25) is 11.7 Å². The normalized spacial score (nSPS) is 18.2. The number of allylic oxidation sites excluding steroid dienone is 4. The summed E-state index contributed by atoms with van der Waals surface area (Å²) < 4.78 is 0.932. The van der Waals surface area contributed by atoms with Gasteiger partial charge in [0.1, 0.15) is 0 Å². The van der Waals surface area contributed by atoms with Crippen molar-refractivity contribution in [2.75, 3.05) is 0 Å². The lowest BCUT2D eigenvalue weighted by Gasteiger charge is -2.12. The molecule has 0 aromatic rings. The summed E-state index contributed by atoms with van der Waals surface area (Å²) in [5, 5.41) is 0. The molecule has 0 aliphatic heterocycles. The number of rotatable bonds is 2. The maximum Gasteiger partial charge on any atom is 0.218 e. The van der Waals surface area contributed by atoms with E-state index in [1.165, 1.54) is 0 Å². The van der Waals surface area contributed by atoms with Crippen molar-refractivity contribution in [1.82, 2.24) is 0 Å². The van der Waals surface area contributed by atoms with Gasteiger partial charge in [0.15, 0.2) is 0 Å². The molecule has 0 saturated heterocycles. The van der Waals surface area contributed by atoms with Crippen LogP contribution < -0.4 is 5.73 Å². The number of nitrogens with two attached hydrogens (primary N) is 1. The largest absolute Gasteiger partial charge is 0.370 e. The molecule has 1 aliphatic rings. The van der Waals surface area contributed by atoms with Crippen LogP contribution in [0.2, 0.25) is 0 Å². The van der Waals surface area contributed by atoms with Gasteiger partial charge in [0.25, 0.3) is 0 Å². The smallest absolute Gasteiger partial charge is 0.218 e. The molecule has 0 radical (unpaired) electrons. The Hall–Kier alpha value is -0.420. The number of halogens is 2. The minimum absolute atomic E-state index is 0.0982. The van der Waals surface area contributed by atoms with Crippen LogP contribution in [0, 0.1) is 5.92 Å². The molecule has 5 heteroatoms. The number of carbonyl (C=O) groups is 2. The first-order valence-electron chi connectivity index (χ1n) is 3.58. The van der Waals surface area contributed by atoms with Crippen LogP contribution in [0.15, 0.2) is 21.1 Å². The van der Waals surface area contributed by atoms with Crippen molar-refractivity contribution in [3.63, 3.8) is 0 Å². The van der Waals surface area contributed by atoms with Crippen LogP contribution in [0.25, 0.3) is 0 Å². The maximum absolute atomic E-state index is 11.2. The Morgan fingerprint density at radius 1 is 1.38 bits per heavy atom. The van der Waals surface area contributed by atoms with Crippen LogP contribution in [0.4, 0.5) is 0 Å². The van der Waals surface area contributed by atoms with Crippen molar-refractivity contribution >= 4 is 43.6 Å². The highest BCUT2D eigenvalue weighted by molar-refractivity contribution is 9.13. The minimum atomic E-state index is -0.382. The Morgan fingerprint density at radius 3 is 2.23 bits per heavy atom. The first kappa shape index (κ1) is 10.7. The summed E-state index contributed by atoms with van der Waals surface area (Å²) in [6, 6.07) is 0. The zero-order chi connectivity index (χ0) is 10.0. The Kier molecular flexibility index (Phi) is 3.44. The fourth-order valence-electron chi connectivity index (χ4n) is 1.04. The number of hydrogen-bond donors (Lipinski definition) is 1. The molecule has 13 heavy (non-hydrogen) atoms. The topological polar surface area (TPSA) is 60.2 Å². The lowest BCUT2D eigenvalue weighted by Crippen LogP contribution is -2.17. The van der Waals surface area contributed by atoms with E-state index in [0.717, 1.165) is 0 Å². The molecule has 0 atom stereocenters. The third-order valence-electron chi connectivity index (χ3n) is 1.59. The molecular formula is C8H7Br2NO2. The van der Waals surface area contributed by atoms with Crippen molar-refractivity contribution in [2.24, 2.45) is 11.7 Å². The molecule has 2 N–H and O–H groups in total. The first-order chi connectivity index (χ1) is 6.00. The Bertz CT molecular complexity index is 298. The molecular weight excluding hydrogens is 302 g/mol. The second-order valence-corrected chi connectivity index (χ2v) is 4.40. The molecule has 0 spiro atoms. The average Bonchev–Trinajstić information content (AvgIpc) is 1.98. The molecule has 1 rings (SSSR count). The summed E-state index contributed by atoms with van der Waals surface area (Å²) in [7, 11) is 0. The molecule has 0 unspecified atom stereocenters. The third kappa shape index (κ3) is 2.77. The van der Waals surface area contributed by atoms with E-state index in [4.69, 9.17) is 5.73 Å². The number of primary amides is 1. The maximum atomic E-state index is 11.2. The van der Waals surface area contributed by atoms with Gasteiger partial charge in [0.05, 0.1) is 8.96 Å². The molecule has 0 fully saturated rings. The molecule has 1 amide bonds.